The molecule has 0 radical (unpaired) electrons. The summed E-state index contributed by atoms with van der Waals surface area (Å²) in [6.45, 7) is 0.471. The number of rotatable bonds is 8. The molecule has 7 nitrogen and oxygen atoms in total. The van der Waals surface area contributed by atoms with Crippen LogP contribution in [0.4, 0.5) is 4.79 Å². The Morgan fingerprint density at radius 3 is 2.50 bits per heavy atom. The molecule has 3 rings (SSSR count). The molecule has 0 bridgehead atoms. The van der Waals surface area contributed by atoms with Gasteiger partial charge in [-0.3, -0.25) is 19.3 Å². The molecule has 2 N–H and O–H groups in total. The Morgan fingerprint density at radius 2 is 1.83 bits per heavy atom. The highest BCUT2D eigenvalue weighted by Crippen LogP contribution is 2.32. The van der Waals surface area contributed by atoms with Crippen LogP contribution in [0, 0.1) is 0 Å². The highest BCUT2D eigenvalue weighted by molar-refractivity contribution is 8.18. The molecule has 3 amide bonds. The topological polar surface area (TPSA) is 95.9 Å². The number of benzene rings is 2. The highest BCUT2D eigenvalue weighted by Gasteiger charge is 2.34. The number of phenolic OH excluding ortho intramolecular Hbond substituents is 1. The average Bonchev–Trinajstić information content (AvgIpc) is 3.01. The molecule has 0 atom stereocenters. The number of hydrogen-bond acceptors (Lipinski definition) is 6. The predicted molar refractivity (Wildman–Crippen MR) is 115 cm³/mol. The van der Waals surface area contributed by atoms with Crippen molar-refractivity contribution >= 4 is 34.9 Å². The summed E-state index contributed by atoms with van der Waals surface area (Å²) in [7, 11) is 1.57. The number of carbonyl (C=O) groups is 3. The highest BCUT2D eigenvalue weighted by atomic mass is 32.2. The summed E-state index contributed by atoms with van der Waals surface area (Å²) < 4.78 is 5.10. The minimum Gasteiger partial charge on any atom is -0.508 e. The van der Waals surface area contributed by atoms with E-state index >= 15 is 0 Å². The fourth-order valence-corrected chi connectivity index (χ4v) is 3.72. The molecule has 1 aliphatic rings. The van der Waals surface area contributed by atoms with Gasteiger partial charge in [0.15, 0.2) is 0 Å². The predicted octanol–water partition coefficient (Wildman–Crippen LogP) is 3.19. The number of ether oxygens (including phenoxy) is 1. The average molecular weight is 426 g/mol. The molecule has 1 saturated heterocycles. The maximum atomic E-state index is 12.5. The molecule has 0 spiro atoms. The van der Waals surface area contributed by atoms with Crippen LogP contribution in [0.25, 0.3) is 6.08 Å². The van der Waals surface area contributed by atoms with E-state index in [1.165, 1.54) is 0 Å². The van der Waals surface area contributed by atoms with Crippen molar-refractivity contribution in [3.05, 3.63) is 64.6 Å². The van der Waals surface area contributed by atoms with Crippen molar-refractivity contribution in [2.24, 2.45) is 0 Å². The summed E-state index contributed by atoms with van der Waals surface area (Å²) in [5.74, 6) is 0.280. The first-order valence-corrected chi connectivity index (χ1v) is 10.2. The van der Waals surface area contributed by atoms with Crippen LogP contribution < -0.4 is 10.1 Å². The van der Waals surface area contributed by atoms with E-state index in [2.05, 4.69) is 5.32 Å². The number of hydrogen-bond donors (Lipinski definition) is 2. The van der Waals surface area contributed by atoms with E-state index in [9.17, 15) is 19.5 Å². The van der Waals surface area contributed by atoms with Crippen molar-refractivity contribution in [2.45, 2.75) is 12.8 Å². The first-order chi connectivity index (χ1) is 14.5. The van der Waals surface area contributed by atoms with E-state index in [0.717, 1.165) is 27.8 Å². The van der Waals surface area contributed by atoms with Gasteiger partial charge in [0.2, 0.25) is 5.91 Å². The number of amides is 3. The van der Waals surface area contributed by atoms with Crippen LogP contribution in [0.3, 0.4) is 0 Å². The third kappa shape index (κ3) is 5.64. The van der Waals surface area contributed by atoms with E-state index < -0.39 is 5.91 Å². The van der Waals surface area contributed by atoms with Crippen molar-refractivity contribution in [2.75, 3.05) is 20.2 Å². The lowest BCUT2D eigenvalue weighted by Crippen LogP contribution is -2.34. The molecule has 156 valence electrons. The standard InChI is InChI=1S/C22H22N2O5S/c1-29-18-8-4-16(5-9-18)14-19-21(27)24(22(28)30-19)13-11-20(26)23-12-10-15-2-6-17(25)7-3-15/h2-9,14,25H,10-13H2,1H3,(H,23,26)/b19-14-. The molecular weight excluding hydrogens is 404 g/mol. The summed E-state index contributed by atoms with van der Waals surface area (Å²) in [5, 5.41) is 11.7. The van der Waals surface area contributed by atoms with Gasteiger partial charge in [-0.25, -0.2) is 0 Å². The van der Waals surface area contributed by atoms with Gasteiger partial charge < -0.3 is 15.2 Å². The van der Waals surface area contributed by atoms with Crippen molar-refractivity contribution in [3.63, 3.8) is 0 Å². The summed E-state index contributed by atoms with van der Waals surface area (Å²) in [5.41, 5.74) is 1.77. The van der Waals surface area contributed by atoms with E-state index in [1.807, 2.05) is 0 Å². The molecule has 2 aromatic carbocycles. The van der Waals surface area contributed by atoms with Crippen LogP contribution >= 0.6 is 11.8 Å². The van der Waals surface area contributed by atoms with E-state index in [1.54, 1.807) is 61.7 Å². The maximum absolute atomic E-state index is 12.5. The summed E-state index contributed by atoms with van der Waals surface area (Å²) in [6, 6.07) is 13.9. The van der Waals surface area contributed by atoms with Gasteiger partial charge in [-0.1, -0.05) is 24.3 Å². The van der Waals surface area contributed by atoms with Gasteiger partial charge in [-0.15, -0.1) is 0 Å². The van der Waals surface area contributed by atoms with Gasteiger partial charge in [0, 0.05) is 19.5 Å². The number of aromatic hydroxyl groups is 1. The largest absolute Gasteiger partial charge is 0.508 e. The molecular formula is C22H22N2O5S. The molecule has 0 saturated carbocycles. The first kappa shape index (κ1) is 21.4. The Hall–Kier alpha value is -3.26. The van der Waals surface area contributed by atoms with E-state index in [4.69, 9.17) is 4.74 Å². The smallest absolute Gasteiger partial charge is 0.293 e. The monoisotopic (exact) mass is 426 g/mol. The van der Waals surface area contributed by atoms with E-state index in [0.29, 0.717) is 23.6 Å². The summed E-state index contributed by atoms with van der Waals surface area (Å²) >= 11 is 0.870. The van der Waals surface area contributed by atoms with Crippen molar-refractivity contribution in [1.82, 2.24) is 10.2 Å². The second-order valence-electron chi connectivity index (χ2n) is 6.62. The van der Waals surface area contributed by atoms with Gasteiger partial charge in [0.05, 0.1) is 12.0 Å². The molecule has 8 heteroatoms. The molecule has 0 aromatic heterocycles. The Labute approximate surface area is 178 Å². The third-order valence-corrected chi connectivity index (χ3v) is 5.43. The van der Waals surface area contributed by atoms with Crippen LogP contribution in [-0.4, -0.2) is 47.3 Å². The zero-order chi connectivity index (χ0) is 21.5. The van der Waals surface area contributed by atoms with Gasteiger partial charge in [-0.05, 0) is 59.7 Å². The number of phenols is 1. The van der Waals surface area contributed by atoms with Crippen LogP contribution in [0.5, 0.6) is 11.5 Å². The Balaban J connectivity index is 1.48. The lowest BCUT2D eigenvalue weighted by atomic mass is 10.1. The van der Waals surface area contributed by atoms with Crippen LogP contribution in [0.2, 0.25) is 0 Å². The van der Waals surface area contributed by atoms with Crippen molar-refractivity contribution in [3.8, 4) is 11.5 Å². The minimum atomic E-state index is -0.391. The molecule has 0 unspecified atom stereocenters. The zero-order valence-corrected chi connectivity index (χ0v) is 17.3. The second kappa shape index (κ2) is 9.98. The van der Waals surface area contributed by atoms with Gasteiger partial charge >= 0.3 is 0 Å². The Morgan fingerprint density at radius 1 is 1.13 bits per heavy atom. The first-order valence-electron chi connectivity index (χ1n) is 9.40. The number of methoxy groups -OCH3 is 1. The van der Waals surface area contributed by atoms with Crippen LogP contribution in [0.15, 0.2) is 53.4 Å². The Kier molecular flexibility index (Phi) is 7.13. The fraction of sp³-hybridized carbons (Fsp3) is 0.227. The molecule has 2 aromatic rings. The van der Waals surface area contributed by atoms with Gasteiger partial charge in [0.25, 0.3) is 11.1 Å². The second-order valence-corrected chi connectivity index (χ2v) is 7.62. The Bertz CT molecular complexity index is 954. The minimum absolute atomic E-state index is 0.0374. The molecule has 1 heterocycles. The number of carbonyl (C=O) groups excluding carboxylic acids is 3. The number of imide groups is 1. The van der Waals surface area contributed by atoms with Crippen LogP contribution in [-0.2, 0) is 16.0 Å². The maximum Gasteiger partial charge on any atom is 0.293 e. The van der Waals surface area contributed by atoms with Crippen LogP contribution in [0.1, 0.15) is 17.5 Å². The number of nitrogens with zero attached hydrogens (tertiary/aromatic N) is 1. The van der Waals surface area contributed by atoms with E-state index in [-0.39, 0.29) is 29.9 Å². The molecule has 30 heavy (non-hydrogen) atoms. The lowest BCUT2D eigenvalue weighted by Gasteiger charge is -2.12. The fourth-order valence-electron chi connectivity index (χ4n) is 2.85. The number of thioether (sulfide) groups is 1. The summed E-state index contributed by atoms with van der Waals surface area (Å²) in [6.07, 6.45) is 2.32. The van der Waals surface area contributed by atoms with Gasteiger partial charge in [0.1, 0.15) is 11.5 Å². The molecule has 0 aliphatic carbocycles. The third-order valence-electron chi connectivity index (χ3n) is 4.52. The number of nitrogens with one attached hydrogen (secondary N) is 1. The lowest BCUT2D eigenvalue weighted by molar-refractivity contribution is -0.124. The zero-order valence-electron chi connectivity index (χ0n) is 16.5. The quantitative estimate of drug-likeness (QED) is 0.630. The molecule has 1 fully saturated rings. The SMILES string of the molecule is COc1ccc(/C=C2\SC(=O)N(CCC(=O)NCCc3ccc(O)cc3)C2=O)cc1. The molecule has 1 aliphatic heterocycles. The van der Waals surface area contributed by atoms with Gasteiger partial charge in [-0.2, -0.15) is 0 Å². The summed E-state index contributed by atoms with van der Waals surface area (Å²) in [4.78, 5) is 38.2. The van der Waals surface area contributed by atoms with Crippen molar-refractivity contribution < 1.29 is 24.2 Å². The van der Waals surface area contributed by atoms with Crippen molar-refractivity contribution in [1.29, 1.82) is 0 Å². The normalized spacial score (nSPS) is 15.0.